The molecule has 0 saturated carbocycles. The highest BCUT2D eigenvalue weighted by molar-refractivity contribution is 14.1. The zero-order valence-electron chi connectivity index (χ0n) is 6.12. The Morgan fingerprint density at radius 3 is 3.09 bits per heavy atom. The first-order valence-electron chi connectivity index (χ1n) is 3.50. The van der Waals surface area contributed by atoms with Gasteiger partial charge in [0.15, 0.2) is 0 Å². The van der Waals surface area contributed by atoms with E-state index >= 15 is 0 Å². The second-order valence-corrected chi connectivity index (χ2v) is 4.69. The van der Waals surface area contributed by atoms with Crippen molar-refractivity contribution in [1.29, 1.82) is 0 Å². The molecule has 1 aromatic heterocycles. The molecule has 2 unspecified atom stereocenters. The predicted molar refractivity (Wildman–Crippen MR) is 57.2 cm³/mol. The summed E-state index contributed by atoms with van der Waals surface area (Å²) in [5.74, 6) is 0. The van der Waals surface area contributed by atoms with Gasteiger partial charge in [0.2, 0.25) is 0 Å². The summed E-state index contributed by atoms with van der Waals surface area (Å²) in [6.07, 6.45) is 0. The van der Waals surface area contributed by atoms with E-state index in [2.05, 4.69) is 44.3 Å². The van der Waals surface area contributed by atoms with Crippen molar-refractivity contribution in [3.8, 4) is 0 Å². The van der Waals surface area contributed by atoms with Gasteiger partial charge in [-0.25, -0.2) is 0 Å². The number of hydrogen-bond acceptors (Lipinski definition) is 3. The van der Waals surface area contributed by atoms with Gasteiger partial charge in [-0.3, -0.25) is 0 Å². The van der Waals surface area contributed by atoms with Crippen molar-refractivity contribution in [2.75, 3.05) is 3.11 Å². The molecule has 1 aromatic rings. The third kappa shape index (κ3) is 0.996. The second kappa shape index (κ2) is 2.60. The molecule has 1 aliphatic heterocycles. The summed E-state index contributed by atoms with van der Waals surface area (Å²) in [7, 11) is 0. The average Bonchev–Trinajstić information content (AvgIpc) is 2.53. The molecule has 11 heavy (non-hydrogen) atoms. The number of hydrogen-bond donors (Lipinski definition) is 1. The topological polar surface area (TPSA) is 29.3 Å². The summed E-state index contributed by atoms with van der Waals surface area (Å²) in [4.78, 5) is 0. The zero-order chi connectivity index (χ0) is 8.01. The van der Waals surface area contributed by atoms with E-state index in [9.17, 15) is 0 Å². The molecule has 0 spiro atoms. The number of rotatable bonds is 0. The summed E-state index contributed by atoms with van der Waals surface area (Å²) in [6, 6.07) is 2.77. The van der Waals surface area contributed by atoms with Crippen LogP contribution in [0.4, 0.5) is 5.00 Å². The van der Waals surface area contributed by atoms with Crippen LogP contribution in [0.5, 0.6) is 0 Å². The fourth-order valence-corrected chi connectivity index (χ4v) is 3.24. The molecule has 2 N–H and O–H groups in total. The van der Waals surface area contributed by atoms with Gasteiger partial charge in [-0.2, -0.15) is 0 Å². The summed E-state index contributed by atoms with van der Waals surface area (Å²) in [5.41, 5.74) is 7.29. The molecule has 0 radical (unpaired) electrons. The van der Waals surface area contributed by atoms with Crippen LogP contribution in [0.15, 0.2) is 11.4 Å². The standard InChI is InChI=1S/C7H9IN2S/c1-4-6(9)5-2-3-11-7(5)10(4)8/h2-4,6H,9H2,1H3. The van der Waals surface area contributed by atoms with E-state index in [1.165, 1.54) is 10.6 Å². The molecule has 2 heterocycles. The number of thiophene rings is 1. The Balaban J connectivity index is 2.48. The monoisotopic (exact) mass is 280 g/mol. The van der Waals surface area contributed by atoms with Gasteiger partial charge < -0.3 is 8.85 Å². The van der Waals surface area contributed by atoms with Gasteiger partial charge >= 0.3 is 0 Å². The molecule has 0 bridgehead atoms. The maximum absolute atomic E-state index is 5.98. The van der Waals surface area contributed by atoms with Crippen LogP contribution in [-0.2, 0) is 0 Å². The third-order valence-electron chi connectivity index (χ3n) is 2.10. The Labute approximate surface area is 83.9 Å². The van der Waals surface area contributed by atoms with Gasteiger partial charge in [0.25, 0.3) is 0 Å². The molecular weight excluding hydrogens is 271 g/mol. The zero-order valence-corrected chi connectivity index (χ0v) is 9.09. The number of fused-ring (bicyclic) bond motifs is 1. The van der Waals surface area contributed by atoms with Crippen LogP contribution in [0.2, 0.25) is 0 Å². The minimum absolute atomic E-state index is 0.202. The molecule has 60 valence electrons. The molecule has 2 nitrogen and oxygen atoms in total. The van der Waals surface area contributed by atoms with Crippen molar-refractivity contribution in [3.63, 3.8) is 0 Å². The fourth-order valence-electron chi connectivity index (χ4n) is 1.32. The Morgan fingerprint density at radius 2 is 2.45 bits per heavy atom. The van der Waals surface area contributed by atoms with Crippen LogP contribution in [0, 0.1) is 0 Å². The number of anilines is 1. The number of nitrogens with zero attached hydrogens (tertiary/aromatic N) is 1. The van der Waals surface area contributed by atoms with Gasteiger partial charge in [0, 0.05) is 5.56 Å². The lowest BCUT2D eigenvalue weighted by Crippen LogP contribution is -2.27. The molecule has 2 rings (SSSR count). The lowest BCUT2D eigenvalue weighted by atomic mass is 10.1. The maximum atomic E-state index is 5.98. The van der Waals surface area contributed by atoms with E-state index in [1.807, 2.05) is 0 Å². The lowest BCUT2D eigenvalue weighted by molar-refractivity contribution is 0.643. The van der Waals surface area contributed by atoms with E-state index in [-0.39, 0.29) is 6.04 Å². The SMILES string of the molecule is CC1C(N)c2ccsc2N1I. The Hall–Kier alpha value is 0.190. The van der Waals surface area contributed by atoms with E-state index in [0.717, 1.165) is 0 Å². The van der Waals surface area contributed by atoms with E-state index < -0.39 is 0 Å². The molecule has 4 heteroatoms. The van der Waals surface area contributed by atoms with Crippen molar-refractivity contribution in [2.45, 2.75) is 19.0 Å². The highest BCUT2D eigenvalue weighted by atomic mass is 127. The highest BCUT2D eigenvalue weighted by Gasteiger charge is 2.32. The fraction of sp³-hybridized carbons (Fsp3) is 0.429. The highest BCUT2D eigenvalue weighted by Crippen LogP contribution is 2.43. The third-order valence-corrected chi connectivity index (χ3v) is 4.72. The van der Waals surface area contributed by atoms with Gasteiger partial charge in [-0.05, 0) is 18.4 Å². The Kier molecular flexibility index (Phi) is 1.85. The minimum Gasteiger partial charge on any atom is -0.322 e. The lowest BCUT2D eigenvalue weighted by Gasteiger charge is -2.17. The summed E-state index contributed by atoms with van der Waals surface area (Å²) in [5, 5.41) is 3.42. The van der Waals surface area contributed by atoms with Gasteiger partial charge in [0.1, 0.15) is 5.00 Å². The molecule has 2 atom stereocenters. The van der Waals surface area contributed by atoms with Gasteiger partial charge in [-0.1, -0.05) is 0 Å². The normalized spacial score (nSPS) is 29.2. The molecule has 0 saturated heterocycles. The van der Waals surface area contributed by atoms with Crippen LogP contribution in [0.3, 0.4) is 0 Å². The Morgan fingerprint density at radius 1 is 1.73 bits per heavy atom. The van der Waals surface area contributed by atoms with Crippen molar-refractivity contribution < 1.29 is 0 Å². The number of nitrogens with two attached hydrogens (primary N) is 1. The van der Waals surface area contributed by atoms with Crippen LogP contribution in [-0.4, -0.2) is 6.04 Å². The molecule has 0 aliphatic carbocycles. The maximum Gasteiger partial charge on any atom is 0.105 e. The average molecular weight is 280 g/mol. The van der Waals surface area contributed by atoms with Crippen LogP contribution in [0.25, 0.3) is 0 Å². The molecular formula is C7H9IN2S. The van der Waals surface area contributed by atoms with Crippen molar-refractivity contribution >= 4 is 39.2 Å². The molecule has 1 aliphatic rings. The van der Waals surface area contributed by atoms with E-state index in [4.69, 9.17) is 5.73 Å². The van der Waals surface area contributed by atoms with Crippen molar-refractivity contribution in [1.82, 2.24) is 0 Å². The molecule has 0 aromatic carbocycles. The Bertz CT molecular complexity index is 249. The first kappa shape index (κ1) is 7.82. The van der Waals surface area contributed by atoms with Crippen LogP contribution in [0.1, 0.15) is 18.5 Å². The quantitative estimate of drug-likeness (QED) is 0.583. The largest absolute Gasteiger partial charge is 0.322 e. The smallest absolute Gasteiger partial charge is 0.105 e. The van der Waals surface area contributed by atoms with Crippen LogP contribution < -0.4 is 8.85 Å². The van der Waals surface area contributed by atoms with Gasteiger partial charge in [-0.15, -0.1) is 11.3 Å². The van der Waals surface area contributed by atoms with Gasteiger partial charge in [0.05, 0.1) is 34.9 Å². The minimum atomic E-state index is 0.202. The van der Waals surface area contributed by atoms with E-state index in [1.54, 1.807) is 11.3 Å². The summed E-state index contributed by atoms with van der Waals surface area (Å²) < 4.78 is 2.22. The second-order valence-electron chi connectivity index (χ2n) is 2.76. The summed E-state index contributed by atoms with van der Waals surface area (Å²) in [6.45, 7) is 2.16. The predicted octanol–water partition coefficient (Wildman–Crippen LogP) is 2.31. The van der Waals surface area contributed by atoms with Crippen LogP contribution >= 0.6 is 34.2 Å². The van der Waals surface area contributed by atoms with Crippen molar-refractivity contribution in [3.05, 3.63) is 17.0 Å². The number of halogens is 1. The summed E-state index contributed by atoms with van der Waals surface area (Å²) >= 11 is 4.09. The molecule has 0 amide bonds. The molecule has 0 fully saturated rings. The first-order chi connectivity index (χ1) is 5.22. The van der Waals surface area contributed by atoms with E-state index in [0.29, 0.717) is 6.04 Å². The first-order valence-corrected chi connectivity index (χ1v) is 5.34. The van der Waals surface area contributed by atoms with Crippen molar-refractivity contribution in [2.24, 2.45) is 5.73 Å².